The second-order valence-electron chi connectivity index (χ2n) is 5.96. The number of nitrogens with one attached hydrogen (secondary N) is 2. The van der Waals surface area contributed by atoms with Crippen molar-refractivity contribution >= 4 is 52.5 Å². The number of amides is 2. The Hall–Kier alpha value is -3.65. The Bertz CT molecular complexity index is 1090. The quantitative estimate of drug-likeness (QED) is 0.478. The maximum atomic E-state index is 11.9. The molecule has 0 saturated carbocycles. The van der Waals surface area contributed by atoms with Gasteiger partial charge in [0.1, 0.15) is 5.65 Å². The van der Waals surface area contributed by atoms with Crippen LogP contribution in [-0.2, 0) is 19.1 Å². The number of fused-ring (bicyclic) bond motifs is 1. The zero-order chi connectivity index (χ0) is 20.8. The molecule has 0 bridgehead atoms. The lowest BCUT2D eigenvalue weighted by molar-refractivity contribution is -0.142. The van der Waals surface area contributed by atoms with Gasteiger partial charge in [-0.25, -0.2) is 9.78 Å². The van der Waals surface area contributed by atoms with Crippen molar-refractivity contribution in [2.45, 2.75) is 6.92 Å². The molecule has 2 N–H and O–H groups in total. The molecule has 0 atom stereocenters. The van der Waals surface area contributed by atoms with E-state index in [1.165, 1.54) is 19.1 Å². The monoisotopic (exact) mass is 412 g/mol. The van der Waals surface area contributed by atoms with Gasteiger partial charge in [-0.2, -0.15) is 0 Å². The van der Waals surface area contributed by atoms with Crippen LogP contribution in [0.25, 0.3) is 11.7 Å². The smallest absolute Gasteiger partial charge is 0.331 e. The molecule has 3 aromatic rings. The number of anilines is 2. The van der Waals surface area contributed by atoms with Gasteiger partial charge in [-0.15, -0.1) is 0 Å². The Kier molecular flexibility index (Phi) is 6.25. The number of halogens is 1. The minimum atomic E-state index is -0.692. The van der Waals surface area contributed by atoms with Crippen molar-refractivity contribution in [3.63, 3.8) is 0 Å². The molecule has 1 aromatic carbocycles. The first-order valence-electron chi connectivity index (χ1n) is 8.57. The molecule has 2 amide bonds. The Morgan fingerprint density at radius 2 is 1.79 bits per heavy atom. The number of aromatic nitrogens is 2. The molecule has 0 radical (unpaired) electrons. The first kappa shape index (κ1) is 20.1. The second-order valence-corrected chi connectivity index (χ2v) is 6.32. The van der Waals surface area contributed by atoms with E-state index < -0.39 is 18.5 Å². The summed E-state index contributed by atoms with van der Waals surface area (Å²) in [6.07, 6.45) is 4.42. The minimum Gasteiger partial charge on any atom is -0.452 e. The number of hydrogen-bond acceptors (Lipinski definition) is 5. The van der Waals surface area contributed by atoms with Crippen LogP contribution in [0.3, 0.4) is 0 Å². The number of nitrogens with zero attached hydrogens (tertiary/aromatic N) is 2. The largest absolute Gasteiger partial charge is 0.452 e. The van der Waals surface area contributed by atoms with Gasteiger partial charge in [0, 0.05) is 30.6 Å². The average Bonchev–Trinajstić information content (AvgIpc) is 3.01. The third-order valence-corrected chi connectivity index (χ3v) is 4.01. The van der Waals surface area contributed by atoms with Crippen molar-refractivity contribution in [3.8, 4) is 0 Å². The van der Waals surface area contributed by atoms with E-state index in [4.69, 9.17) is 16.3 Å². The SMILES string of the molecule is CC(=O)Nc1ccc(NC(=O)COC(=O)/C=C/c2c(Cl)nc3ccccn23)cc1. The molecule has 2 aromatic heterocycles. The lowest BCUT2D eigenvalue weighted by Crippen LogP contribution is -2.20. The average molecular weight is 413 g/mol. The molecule has 0 aliphatic heterocycles. The molecule has 0 spiro atoms. The van der Waals surface area contributed by atoms with Crippen LogP contribution in [-0.4, -0.2) is 33.8 Å². The Morgan fingerprint density at radius 1 is 1.10 bits per heavy atom. The molecule has 0 saturated heterocycles. The highest BCUT2D eigenvalue weighted by atomic mass is 35.5. The number of rotatable bonds is 6. The van der Waals surface area contributed by atoms with E-state index in [1.807, 2.05) is 12.1 Å². The van der Waals surface area contributed by atoms with Crippen molar-refractivity contribution in [3.05, 3.63) is 65.6 Å². The fraction of sp³-hybridized carbons (Fsp3) is 0.100. The first-order valence-corrected chi connectivity index (χ1v) is 8.95. The molecule has 9 heteroatoms. The molecule has 0 fully saturated rings. The summed E-state index contributed by atoms with van der Waals surface area (Å²) < 4.78 is 6.66. The second kappa shape index (κ2) is 9.03. The molecular weight excluding hydrogens is 396 g/mol. The highest BCUT2D eigenvalue weighted by Gasteiger charge is 2.09. The van der Waals surface area contributed by atoms with Crippen LogP contribution in [0.1, 0.15) is 12.6 Å². The van der Waals surface area contributed by atoms with Gasteiger partial charge in [0.15, 0.2) is 11.8 Å². The molecular formula is C20H17ClN4O4. The van der Waals surface area contributed by atoms with Gasteiger partial charge in [0.05, 0.1) is 5.69 Å². The molecule has 0 unspecified atom stereocenters. The fourth-order valence-corrected chi connectivity index (χ4v) is 2.74. The normalized spacial score (nSPS) is 10.8. The summed E-state index contributed by atoms with van der Waals surface area (Å²) >= 11 is 6.09. The zero-order valence-corrected chi connectivity index (χ0v) is 16.1. The summed E-state index contributed by atoms with van der Waals surface area (Å²) in [7, 11) is 0. The van der Waals surface area contributed by atoms with Crippen molar-refractivity contribution in [2.24, 2.45) is 0 Å². The first-order chi connectivity index (χ1) is 13.9. The lowest BCUT2D eigenvalue weighted by Gasteiger charge is -2.07. The van der Waals surface area contributed by atoms with E-state index in [0.717, 1.165) is 0 Å². The van der Waals surface area contributed by atoms with Crippen molar-refractivity contribution in [1.82, 2.24) is 9.38 Å². The topological polar surface area (TPSA) is 102 Å². The van der Waals surface area contributed by atoms with Crippen LogP contribution in [0.5, 0.6) is 0 Å². The van der Waals surface area contributed by atoms with Gasteiger partial charge in [-0.1, -0.05) is 17.7 Å². The van der Waals surface area contributed by atoms with Crippen LogP contribution in [0, 0.1) is 0 Å². The van der Waals surface area contributed by atoms with E-state index in [2.05, 4.69) is 15.6 Å². The molecule has 2 heterocycles. The van der Waals surface area contributed by atoms with E-state index in [0.29, 0.717) is 22.7 Å². The van der Waals surface area contributed by atoms with Gasteiger partial charge in [0.2, 0.25) is 5.91 Å². The van der Waals surface area contributed by atoms with Gasteiger partial charge in [0.25, 0.3) is 5.91 Å². The van der Waals surface area contributed by atoms with Gasteiger partial charge < -0.3 is 15.4 Å². The Balaban J connectivity index is 1.52. The summed E-state index contributed by atoms with van der Waals surface area (Å²) in [5.41, 5.74) is 2.30. The van der Waals surface area contributed by atoms with Crippen molar-refractivity contribution in [2.75, 3.05) is 17.2 Å². The Morgan fingerprint density at radius 3 is 2.48 bits per heavy atom. The van der Waals surface area contributed by atoms with Crippen LogP contribution >= 0.6 is 11.6 Å². The zero-order valence-electron chi connectivity index (χ0n) is 15.4. The van der Waals surface area contributed by atoms with E-state index in [9.17, 15) is 14.4 Å². The van der Waals surface area contributed by atoms with Crippen LogP contribution < -0.4 is 10.6 Å². The van der Waals surface area contributed by atoms with Gasteiger partial charge in [-0.05, 0) is 42.5 Å². The number of carbonyl (C=O) groups is 3. The molecule has 8 nitrogen and oxygen atoms in total. The highest BCUT2D eigenvalue weighted by molar-refractivity contribution is 6.31. The summed E-state index contributed by atoms with van der Waals surface area (Å²) in [4.78, 5) is 39.0. The van der Waals surface area contributed by atoms with Crippen molar-refractivity contribution in [1.29, 1.82) is 0 Å². The van der Waals surface area contributed by atoms with Gasteiger partial charge >= 0.3 is 5.97 Å². The van der Waals surface area contributed by atoms with Crippen LogP contribution in [0.2, 0.25) is 5.15 Å². The fourth-order valence-electron chi connectivity index (χ4n) is 2.50. The molecule has 0 aliphatic carbocycles. The number of benzene rings is 1. The highest BCUT2D eigenvalue weighted by Crippen LogP contribution is 2.19. The number of pyridine rings is 1. The van der Waals surface area contributed by atoms with E-state index >= 15 is 0 Å². The minimum absolute atomic E-state index is 0.188. The number of imidazole rings is 1. The molecule has 0 aliphatic rings. The summed E-state index contributed by atoms with van der Waals surface area (Å²) in [5, 5.41) is 5.47. The Labute approximate surface area is 171 Å². The van der Waals surface area contributed by atoms with E-state index in [1.54, 1.807) is 40.9 Å². The van der Waals surface area contributed by atoms with Crippen LogP contribution in [0.15, 0.2) is 54.7 Å². The maximum Gasteiger partial charge on any atom is 0.331 e. The summed E-state index contributed by atoms with van der Waals surface area (Å²) in [6, 6.07) is 12.0. The van der Waals surface area contributed by atoms with Gasteiger partial charge in [-0.3, -0.25) is 14.0 Å². The summed E-state index contributed by atoms with van der Waals surface area (Å²) in [5.74, 6) is -1.37. The maximum absolute atomic E-state index is 11.9. The predicted molar refractivity (Wildman–Crippen MR) is 110 cm³/mol. The number of esters is 1. The molecule has 29 heavy (non-hydrogen) atoms. The van der Waals surface area contributed by atoms with Crippen molar-refractivity contribution < 1.29 is 19.1 Å². The standard InChI is InChI=1S/C20H17ClN4O4/c1-13(26)22-14-5-7-15(8-6-14)23-18(27)12-29-19(28)10-9-16-20(21)24-17-4-2-3-11-25(16)17/h2-11H,12H2,1H3,(H,22,26)(H,23,27)/b10-9+. The molecule has 148 valence electrons. The number of ether oxygens (including phenoxy) is 1. The molecule has 3 rings (SSSR count). The number of carbonyl (C=O) groups excluding carboxylic acids is 3. The number of hydrogen-bond donors (Lipinski definition) is 2. The third kappa shape index (κ3) is 5.43. The predicted octanol–water partition coefficient (Wildman–Crippen LogP) is 3.14. The van der Waals surface area contributed by atoms with Crippen LogP contribution in [0.4, 0.5) is 11.4 Å². The lowest BCUT2D eigenvalue weighted by atomic mass is 10.2. The van der Waals surface area contributed by atoms with E-state index in [-0.39, 0.29) is 11.1 Å². The summed E-state index contributed by atoms with van der Waals surface area (Å²) in [6.45, 7) is 0.958. The third-order valence-electron chi connectivity index (χ3n) is 3.73.